The Morgan fingerprint density at radius 1 is 1.16 bits per heavy atom. The van der Waals surface area contributed by atoms with Gasteiger partial charge >= 0.3 is 6.18 Å². The van der Waals surface area contributed by atoms with Crippen LogP contribution in [0.5, 0.6) is 0 Å². The Kier molecular flexibility index (Phi) is 10.2. The van der Waals surface area contributed by atoms with Crippen LogP contribution in [0.1, 0.15) is 63.4 Å². The molecule has 2 N–H and O–H groups in total. The molecule has 182 valence electrons. The highest BCUT2D eigenvalue weighted by atomic mass is 32.2. The molecule has 1 fully saturated rings. The molecule has 2 rings (SSSR count). The summed E-state index contributed by atoms with van der Waals surface area (Å²) in [5.74, 6) is 0. The molecule has 1 aliphatic rings. The molecular formula is C23H35F3N2O3S. The second kappa shape index (κ2) is 12.2. The van der Waals surface area contributed by atoms with Crippen LogP contribution in [-0.2, 0) is 20.9 Å². The van der Waals surface area contributed by atoms with Crippen LogP contribution < -0.4 is 5.73 Å². The van der Waals surface area contributed by atoms with E-state index in [2.05, 4.69) is 6.58 Å². The Hall–Kier alpha value is -1.42. The van der Waals surface area contributed by atoms with E-state index in [1.165, 1.54) is 11.4 Å². The van der Waals surface area contributed by atoms with Gasteiger partial charge in [-0.15, -0.1) is 6.58 Å². The lowest BCUT2D eigenvalue weighted by Gasteiger charge is -2.34. The third-order valence-corrected chi connectivity index (χ3v) is 7.98. The molecule has 0 spiro atoms. The molecular weight excluding hydrogens is 441 g/mol. The zero-order chi connectivity index (χ0) is 23.8. The maximum atomic E-state index is 12.8. The van der Waals surface area contributed by atoms with E-state index in [1.807, 2.05) is 6.08 Å². The molecule has 1 saturated carbocycles. The minimum absolute atomic E-state index is 0.122. The van der Waals surface area contributed by atoms with Gasteiger partial charge in [0.05, 0.1) is 16.6 Å². The summed E-state index contributed by atoms with van der Waals surface area (Å²) in [6, 6.07) is 3.64. The molecule has 1 aliphatic carbocycles. The van der Waals surface area contributed by atoms with Crippen LogP contribution in [0.15, 0.2) is 41.8 Å². The zero-order valence-corrected chi connectivity index (χ0v) is 19.5. The minimum Gasteiger partial charge on any atom is -0.378 e. The molecule has 5 nitrogen and oxygen atoms in total. The highest BCUT2D eigenvalue weighted by Crippen LogP contribution is 2.32. The van der Waals surface area contributed by atoms with Gasteiger partial charge in [-0.05, 0) is 69.2 Å². The number of hydrogen-bond donors (Lipinski definition) is 1. The lowest BCUT2D eigenvalue weighted by atomic mass is 9.93. The summed E-state index contributed by atoms with van der Waals surface area (Å²) in [4.78, 5) is -0.126. The van der Waals surface area contributed by atoms with Crippen molar-refractivity contribution in [2.24, 2.45) is 5.73 Å². The van der Waals surface area contributed by atoms with Gasteiger partial charge < -0.3 is 10.5 Å². The molecule has 0 saturated heterocycles. The van der Waals surface area contributed by atoms with Crippen molar-refractivity contribution in [1.29, 1.82) is 0 Å². The highest BCUT2D eigenvalue weighted by Gasteiger charge is 2.34. The van der Waals surface area contributed by atoms with Gasteiger partial charge in [0.15, 0.2) is 0 Å². The van der Waals surface area contributed by atoms with Gasteiger partial charge in [-0.2, -0.15) is 17.5 Å². The summed E-state index contributed by atoms with van der Waals surface area (Å²) in [5.41, 5.74) is 5.09. The molecule has 9 heteroatoms. The number of sulfonamides is 1. The molecule has 0 heterocycles. The topological polar surface area (TPSA) is 72.6 Å². The van der Waals surface area contributed by atoms with Crippen molar-refractivity contribution < 1.29 is 26.3 Å². The summed E-state index contributed by atoms with van der Waals surface area (Å²) in [6.07, 6.45) is 5.25. The molecule has 1 unspecified atom stereocenters. The van der Waals surface area contributed by atoms with Crippen molar-refractivity contribution in [1.82, 2.24) is 4.31 Å². The molecule has 32 heavy (non-hydrogen) atoms. The van der Waals surface area contributed by atoms with Crippen LogP contribution in [0.4, 0.5) is 13.2 Å². The van der Waals surface area contributed by atoms with Crippen LogP contribution in [-0.4, -0.2) is 44.6 Å². The number of unbranched alkanes of at least 4 members (excludes halogenated alkanes) is 2. The number of benzene rings is 1. The van der Waals surface area contributed by atoms with Gasteiger partial charge in [0.1, 0.15) is 0 Å². The Morgan fingerprint density at radius 3 is 2.34 bits per heavy atom. The van der Waals surface area contributed by atoms with Crippen molar-refractivity contribution in [2.75, 3.05) is 13.7 Å². The average Bonchev–Trinajstić information content (AvgIpc) is 2.75. The van der Waals surface area contributed by atoms with E-state index in [4.69, 9.17) is 10.5 Å². The van der Waals surface area contributed by atoms with Crippen LogP contribution in [0.25, 0.3) is 0 Å². The average molecular weight is 477 g/mol. The first-order valence-electron chi connectivity index (χ1n) is 11.2. The Balaban J connectivity index is 1.74. The number of halogens is 3. The van der Waals surface area contributed by atoms with Crippen LogP contribution in [0.2, 0.25) is 0 Å². The molecule has 1 aromatic carbocycles. The maximum absolute atomic E-state index is 12.8. The summed E-state index contributed by atoms with van der Waals surface area (Å²) in [7, 11) is -2.35. The quantitative estimate of drug-likeness (QED) is 0.336. The zero-order valence-electron chi connectivity index (χ0n) is 18.7. The fourth-order valence-electron chi connectivity index (χ4n) is 4.02. The lowest BCUT2D eigenvalue weighted by Crippen LogP contribution is -2.40. The van der Waals surface area contributed by atoms with E-state index in [0.717, 1.165) is 69.2 Å². The normalized spacial score (nSPS) is 20.9. The monoisotopic (exact) mass is 476 g/mol. The van der Waals surface area contributed by atoms with Gasteiger partial charge in [0.2, 0.25) is 10.0 Å². The van der Waals surface area contributed by atoms with E-state index in [9.17, 15) is 21.6 Å². The van der Waals surface area contributed by atoms with Crippen molar-refractivity contribution >= 4 is 10.0 Å². The number of ether oxygens (including phenoxy) is 1. The summed E-state index contributed by atoms with van der Waals surface area (Å²) < 4.78 is 71.1. The predicted molar refractivity (Wildman–Crippen MR) is 120 cm³/mol. The van der Waals surface area contributed by atoms with Gasteiger partial charge in [-0.3, -0.25) is 0 Å². The van der Waals surface area contributed by atoms with Crippen LogP contribution in [0.3, 0.4) is 0 Å². The largest absolute Gasteiger partial charge is 0.416 e. The molecule has 0 radical (unpaired) electrons. The SMILES string of the molecule is C=CCC(N)CCCCCO[C@H]1CC[C@H](N(C)S(=O)(=O)c2ccc(C(F)(F)F)cc2)CC1. The predicted octanol–water partition coefficient (Wildman–Crippen LogP) is 5.12. The van der Waals surface area contributed by atoms with E-state index in [-0.39, 0.29) is 23.1 Å². The van der Waals surface area contributed by atoms with Gasteiger partial charge in [0.25, 0.3) is 0 Å². The first-order valence-corrected chi connectivity index (χ1v) is 12.6. The minimum atomic E-state index is -4.50. The second-order valence-electron chi connectivity index (χ2n) is 8.48. The number of alkyl halides is 3. The molecule has 0 amide bonds. The smallest absolute Gasteiger partial charge is 0.378 e. The van der Waals surface area contributed by atoms with E-state index in [0.29, 0.717) is 19.4 Å². The van der Waals surface area contributed by atoms with Crippen molar-refractivity contribution in [3.63, 3.8) is 0 Å². The van der Waals surface area contributed by atoms with Gasteiger partial charge in [-0.25, -0.2) is 8.42 Å². The summed E-state index contributed by atoms with van der Waals surface area (Å²) in [5, 5.41) is 0. The van der Waals surface area contributed by atoms with Crippen LogP contribution in [0, 0.1) is 0 Å². The third-order valence-electron chi connectivity index (χ3n) is 6.06. The van der Waals surface area contributed by atoms with Gasteiger partial charge in [-0.1, -0.05) is 18.9 Å². The van der Waals surface area contributed by atoms with E-state index in [1.54, 1.807) is 0 Å². The first-order chi connectivity index (χ1) is 15.1. The molecule has 0 aliphatic heterocycles. The summed E-state index contributed by atoms with van der Waals surface area (Å²) >= 11 is 0. The molecule has 0 bridgehead atoms. The molecule has 1 atom stereocenters. The van der Waals surface area contributed by atoms with Crippen molar-refractivity contribution in [3.05, 3.63) is 42.5 Å². The third kappa shape index (κ3) is 7.86. The lowest BCUT2D eigenvalue weighted by molar-refractivity contribution is -0.137. The Labute approximate surface area is 189 Å². The Bertz CT molecular complexity index is 805. The fourth-order valence-corrected chi connectivity index (χ4v) is 5.44. The standard InChI is InChI=1S/C23H35F3N2O3S/c1-3-7-19(27)8-5-4-6-17-31-21-13-11-20(12-14-21)28(2)32(29,30)22-15-9-18(10-16-22)23(24,25)26/h3,9-10,15-16,19-21H,1,4-8,11-14,17,27H2,2H3/t19?,20-,21-. The van der Waals surface area contributed by atoms with Crippen molar-refractivity contribution in [2.45, 2.75) is 87.0 Å². The van der Waals surface area contributed by atoms with Crippen LogP contribution >= 0.6 is 0 Å². The summed E-state index contributed by atoms with van der Waals surface area (Å²) in [6.45, 7) is 4.38. The van der Waals surface area contributed by atoms with Gasteiger partial charge in [0, 0.05) is 25.7 Å². The number of rotatable bonds is 12. The number of hydrogen-bond acceptors (Lipinski definition) is 4. The van der Waals surface area contributed by atoms with Crippen molar-refractivity contribution in [3.8, 4) is 0 Å². The molecule has 1 aromatic rings. The van der Waals surface area contributed by atoms with E-state index < -0.39 is 21.8 Å². The fraction of sp³-hybridized carbons (Fsp3) is 0.652. The maximum Gasteiger partial charge on any atom is 0.416 e. The second-order valence-corrected chi connectivity index (χ2v) is 10.5. The molecule has 0 aromatic heterocycles. The number of nitrogens with zero attached hydrogens (tertiary/aromatic N) is 1. The highest BCUT2D eigenvalue weighted by molar-refractivity contribution is 7.89. The number of nitrogens with two attached hydrogens (primary N) is 1. The first kappa shape index (κ1) is 26.8. The Morgan fingerprint density at radius 2 is 1.78 bits per heavy atom. The van der Waals surface area contributed by atoms with E-state index >= 15 is 0 Å².